The van der Waals surface area contributed by atoms with Crippen molar-refractivity contribution in [2.24, 2.45) is 4.99 Å². The zero-order valence-corrected chi connectivity index (χ0v) is 32.0. The van der Waals surface area contributed by atoms with Crippen molar-refractivity contribution < 1.29 is 37.4 Å². The Hall–Kier alpha value is -4.18. The highest BCUT2D eigenvalue weighted by molar-refractivity contribution is 7.90. The van der Waals surface area contributed by atoms with E-state index >= 15 is 0 Å². The fourth-order valence-corrected chi connectivity index (χ4v) is 9.10. The Balaban J connectivity index is 1.24. The molecule has 1 saturated heterocycles. The van der Waals surface area contributed by atoms with Gasteiger partial charge in [-0.25, -0.2) is 23.0 Å². The molecule has 0 unspecified atom stereocenters. The number of aromatic nitrogens is 2. The fraction of sp³-hybridized carbons (Fsp3) is 0.553. The Morgan fingerprint density at radius 1 is 1.09 bits per heavy atom. The number of carbonyl (C=O) groups excluding carboxylic acids is 2. The number of amidine groups is 1. The van der Waals surface area contributed by atoms with Gasteiger partial charge in [0.05, 0.1) is 47.5 Å². The maximum absolute atomic E-state index is 13.9. The van der Waals surface area contributed by atoms with Crippen LogP contribution < -0.4 is 10.3 Å². The molecule has 1 aromatic carbocycles. The van der Waals surface area contributed by atoms with Crippen molar-refractivity contribution in [2.45, 2.75) is 116 Å². The summed E-state index contributed by atoms with van der Waals surface area (Å²) in [6.07, 6.45) is 1.82. The van der Waals surface area contributed by atoms with Crippen LogP contribution in [0, 0.1) is 0 Å². The molecule has 15 heteroatoms. The van der Waals surface area contributed by atoms with Gasteiger partial charge in [0.1, 0.15) is 19.0 Å². The van der Waals surface area contributed by atoms with Crippen LogP contribution in [0.1, 0.15) is 96.8 Å². The van der Waals surface area contributed by atoms with Gasteiger partial charge in [0.25, 0.3) is 5.56 Å². The van der Waals surface area contributed by atoms with Crippen molar-refractivity contribution in [1.82, 2.24) is 19.3 Å². The van der Waals surface area contributed by atoms with Crippen molar-refractivity contribution >= 4 is 38.7 Å². The average molecular weight is 751 g/mol. The third-order valence-electron chi connectivity index (χ3n) is 10.4. The molecule has 2 aromatic heterocycles. The van der Waals surface area contributed by atoms with E-state index in [4.69, 9.17) is 19.2 Å². The number of para-hydroxylation sites is 1. The highest BCUT2D eigenvalue weighted by atomic mass is 32.2. The zero-order valence-electron chi connectivity index (χ0n) is 31.2. The van der Waals surface area contributed by atoms with Crippen molar-refractivity contribution in [3.8, 4) is 11.4 Å². The van der Waals surface area contributed by atoms with Gasteiger partial charge >= 0.3 is 11.9 Å². The minimum atomic E-state index is -3.79. The maximum Gasteiger partial charge on any atom is 0.355 e. The van der Waals surface area contributed by atoms with Gasteiger partial charge in [0, 0.05) is 34.0 Å². The summed E-state index contributed by atoms with van der Waals surface area (Å²) < 4.78 is 47.4. The van der Waals surface area contributed by atoms with Crippen LogP contribution in [-0.4, -0.2) is 76.9 Å². The molecule has 0 amide bonds. The van der Waals surface area contributed by atoms with Crippen LogP contribution in [0.4, 0.5) is 0 Å². The van der Waals surface area contributed by atoms with Gasteiger partial charge in [-0.15, -0.1) is 10.3 Å². The molecule has 3 aliphatic rings. The second-order valence-corrected chi connectivity index (χ2v) is 17.2. The fourth-order valence-electron chi connectivity index (χ4n) is 7.81. The molecular weight excluding hydrogens is 703 g/mol. The Morgan fingerprint density at radius 3 is 2.51 bits per heavy atom. The molecule has 53 heavy (non-hydrogen) atoms. The van der Waals surface area contributed by atoms with Gasteiger partial charge in [-0.2, -0.15) is 0 Å². The van der Waals surface area contributed by atoms with Gasteiger partial charge in [-0.05, 0) is 71.6 Å². The van der Waals surface area contributed by atoms with Crippen LogP contribution >= 0.6 is 0 Å². The highest BCUT2D eigenvalue weighted by Crippen LogP contribution is 2.41. The van der Waals surface area contributed by atoms with Gasteiger partial charge in [0.15, 0.2) is 0 Å². The minimum Gasteiger partial charge on any atom is -0.457 e. The zero-order chi connectivity index (χ0) is 38.3. The Bertz CT molecular complexity index is 2110. The number of sulfonamides is 1. The van der Waals surface area contributed by atoms with Crippen LogP contribution in [0.25, 0.3) is 22.3 Å². The van der Waals surface area contributed by atoms with Gasteiger partial charge < -0.3 is 18.8 Å². The summed E-state index contributed by atoms with van der Waals surface area (Å²) in [5.41, 5.74) is -0.442. The van der Waals surface area contributed by atoms with Crippen LogP contribution in [0.3, 0.4) is 0 Å². The normalized spacial score (nSPS) is 21.1. The lowest BCUT2D eigenvalue weighted by Crippen LogP contribution is -2.59. The number of fused-ring (bicyclic) bond motifs is 5. The molecule has 5 heterocycles. The van der Waals surface area contributed by atoms with Crippen LogP contribution in [0.15, 0.2) is 46.2 Å². The number of piperidine rings is 1. The summed E-state index contributed by atoms with van der Waals surface area (Å²) in [6.45, 7) is 10.5. The molecule has 285 valence electrons. The summed E-state index contributed by atoms with van der Waals surface area (Å²) in [4.78, 5) is 50.1. The molecule has 0 spiro atoms. The third-order valence-corrected chi connectivity index (χ3v) is 11.7. The first-order chi connectivity index (χ1) is 25.0. The number of cyclic esters (lactones) is 1. The monoisotopic (exact) mass is 750 g/mol. The SMILES string of the molecule is CCCCS(=O)(=O)NC(CCOC1CC(C)(C)N([O])C(C)(C)C1)=NCC(=O)O[C@]1(CC)C(=O)OCc2c1cc1n(c2=O)Cc2cc3ccccc3nc2-1. The first kappa shape index (κ1) is 38.5. The number of rotatable bonds is 12. The number of ether oxygens (including phenoxy) is 3. The van der Waals surface area contributed by atoms with Crippen LogP contribution in [0.5, 0.6) is 0 Å². The number of unbranched alkanes of at least 4 members (excludes halogenated alkanes) is 1. The molecule has 1 atom stereocenters. The topological polar surface area (TPSA) is 178 Å². The molecule has 0 aliphatic carbocycles. The number of nitrogens with one attached hydrogen (secondary N) is 1. The van der Waals surface area contributed by atoms with Crippen molar-refractivity contribution in [2.75, 3.05) is 18.9 Å². The van der Waals surface area contributed by atoms with Crippen molar-refractivity contribution in [3.05, 3.63) is 63.4 Å². The lowest BCUT2D eigenvalue weighted by molar-refractivity contribution is -0.301. The largest absolute Gasteiger partial charge is 0.457 e. The second kappa shape index (κ2) is 14.6. The van der Waals surface area contributed by atoms with Gasteiger partial charge in [-0.3, -0.25) is 14.5 Å². The van der Waals surface area contributed by atoms with E-state index in [0.29, 0.717) is 43.6 Å². The molecule has 1 fully saturated rings. The van der Waals surface area contributed by atoms with E-state index in [9.17, 15) is 28.0 Å². The predicted molar refractivity (Wildman–Crippen MR) is 197 cm³/mol. The van der Waals surface area contributed by atoms with Crippen molar-refractivity contribution in [1.29, 1.82) is 0 Å². The maximum atomic E-state index is 13.9. The first-order valence-corrected chi connectivity index (χ1v) is 19.8. The molecule has 3 aromatic rings. The lowest BCUT2D eigenvalue weighted by Gasteiger charge is -2.49. The van der Waals surface area contributed by atoms with E-state index in [1.54, 1.807) is 17.6 Å². The van der Waals surface area contributed by atoms with Crippen molar-refractivity contribution in [3.63, 3.8) is 0 Å². The molecule has 0 bridgehead atoms. The van der Waals surface area contributed by atoms with E-state index in [0.717, 1.165) is 21.5 Å². The number of aliphatic imine (C=N–C) groups is 1. The predicted octanol–water partition coefficient (Wildman–Crippen LogP) is 4.52. The number of hydrogen-bond donors (Lipinski definition) is 1. The van der Waals surface area contributed by atoms with E-state index in [1.807, 2.05) is 65.0 Å². The molecule has 0 saturated carbocycles. The summed E-state index contributed by atoms with van der Waals surface area (Å²) in [5.74, 6) is -1.86. The molecule has 14 nitrogen and oxygen atoms in total. The van der Waals surface area contributed by atoms with E-state index < -0.39 is 45.2 Å². The van der Waals surface area contributed by atoms with Crippen LogP contribution in [-0.2, 0) is 57.8 Å². The first-order valence-electron chi connectivity index (χ1n) is 18.2. The molecule has 3 aliphatic heterocycles. The summed E-state index contributed by atoms with van der Waals surface area (Å²) in [7, 11) is -3.79. The third kappa shape index (κ3) is 7.62. The quantitative estimate of drug-likeness (QED) is 0.123. The lowest BCUT2D eigenvalue weighted by atomic mass is 9.80. The highest BCUT2D eigenvalue weighted by Gasteiger charge is 2.50. The number of carbonyl (C=O) groups is 2. The van der Waals surface area contributed by atoms with E-state index in [2.05, 4.69) is 9.71 Å². The standard InChI is InChI=1S/C38H48N5O9S/c1-7-9-16-53(48,49)41-31(14-15-50-26-19-36(3,4)43(47)37(5,6)20-26)39-21-32(44)52-38(8-2)28-18-30-33-25(17-24-12-10-11-13-29(24)40-33)22-42(30)34(45)27(28)23-51-35(38)46/h10-13,17-18,26H,7-9,14-16,19-23H2,1-6H3,(H,39,41)/t38-/m0/s1. The summed E-state index contributed by atoms with van der Waals surface area (Å²) >= 11 is 0. The minimum absolute atomic E-state index is 0.000903. The molecule has 1 radical (unpaired) electrons. The number of esters is 2. The number of hydroxylamine groups is 2. The van der Waals surface area contributed by atoms with Gasteiger partial charge in [-0.1, -0.05) is 38.5 Å². The van der Waals surface area contributed by atoms with Gasteiger partial charge in [0.2, 0.25) is 15.6 Å². The smallest absolute Gasteiger partial charge is 0.355 e. The molecular formula is C38H48N5O9S. The Labute approximate surface area is 309 Å². The molecule has 6 rings (SSSR count). The van der Waals surface area contributed by atoms with E-state index in [-0.39, 0.29) is 60.4 Å². The Morgan fingerprint density at radius 2 is 1.81 bits per heavy atom. The second-order valence-electron chi connectivity index (χ2n) is 15.3. The molecule has 1 N–H and O–H groups in total. The number of hydrogen-bond acceptors (Lipinski definition) is 11. The summed E-state index contributed by atoms with van der Waals surface area (Å²) in [5, 5.41) is 14.8. The number of nitrogens with zero attached hydrogens (tertiary/aromatic N) is 4. The number of pyridine rings is 2. The summed E-state index contributed by atoms with van der Waals surface area (Å²) in [6, 6.07) is 11.3. The average Bonchev–Trinajstić information content (AvgIpc) is 3.46. The van der Waals surface area contributed by atoms with E-state index in [1.165, 1.54) is 0 Å². The van der Waals surface area contributed by atoms with Crippen LogP contribution in [0.2, 0.25) is 0 Å². The number of benzene rings is 1. The Kier molecular flexibility index (Phi) is 10.6.